The van der Waals surface area contributed by atoms with Crippen LogP contribution in [0.3, 0.4) is 0 Å². The SMILES string of the molecule is CC(NC(=O)[C@@H]1C[C@@H](c2ccccc2)CN1C(=O)CNC(=O)c1ccc2oc3ccccc3c2c1)c1cc(C(=N)N)cs1. The monoisotopic (exact) mass is 593 g/mol. The molecule has 1 saturated heterocycles. The maximum absolute atomic E-state index is 13.6. The molecule has 0 aliphatic carbocycles. The average Bonchev–Trinajstić information content (AvgIpc) is 3.77. The van der Waals surface area contributed by atoms with E-state index in [0.29, 0.717) is 29.7 Å². The molecule has 3 atom stereocenters. The second kappa shape index (κ2) is 11.7. The predicted octanol–water partition coefficient (Wildman–Crippen LogP) is 4.92. The van der Waals surface area contributed by atoms with Crippen LogP contribution in [0.25, 0.3) is 21.9 Å². The van der Waals surface area contributed by atoms with Gasteiger partial charge in [0, 0.05) is 44.6 Å². The summed E-state index contributed by atoms with van der Waals surface area (Å²) in [5.41, 5.74) is 9.10. The Morgan fingerprint density at radius 1 is 1.00 bits per heavy atom. The van der Waals surface area contributed by atoms with Crippen molar-refractivity contribution in [2.75, 3.05) is 13.1 Å². The number of para-hydroxylation sites is 1. The van der Waals surface area contributed by atoms with Gasteiger partial charge in [-0.05, 0) is 49.2 Å². The molecular formula is C33H31N5O4S. The van der Waals surface area contributed by atoms with Gasteiger partial charge < -0.3 is 25.7 Å². The van der Waals surface area contributed by atoms with E-state index in [9.17, 15) is 14.4 Å². The lowest BCUT2D eigenvalue weighted by atomic mass is 9.96. The van der Waals surface area contributed by atoms with Gasteiger partial charge in [0.05, 0.1) is 12.6 Å². The van der Waals surface area contributed by atoms with Crippen molar-refractivity contribution in [1.82, 2.24) is 15.5 Å². The molecule has 10 heteroatoms. The minimum Gasteiger partial charge on any atom is -0.456 e. The lowest BCUT2D eigenvalue weighted by Gasteiger charge is -2.25. The number of fused-ring (bicyclic) bond motifs is 3. The van der Waals surface area contributed by atoms with E-state index >= 15 is 0 Å². The first-order chi connectivity index (χ1) is 20.8. The molecule has 0 radical (unpaired) electrons. The Labute approximate surface area is 252 Å². The van der Waals surface area contributed by atoms with Gasteiger partial charge in [0.1, 0.15) is 23.0 Å². The summed E-state index contributed by atoms with van der Waals surface area (Å²) < 4.78 is 5.86. The van der Waals surface area contributed by atoms with Crippen molar-refractivity contribution in [3.8, 4) is 0 Å². The molecule has 5 N–H and O–H groups in total. The molecule has 1 aliphatic rings. The number of carbonyl (C=O) groups excluding carboxylic acids is 3. The number of amides is 3. The Bertz CT molecular complexity index is 1850. The van der Waals surface area contributed by atoms with Crippen molar-refractivity contribution in [3.05, 3.63) is 106 Å². The van der Waals surface area contributed by atoms with Crippen LogP contribution in [-0.2, 0) is 9.59 Å². The number of benzene rings is 3. The number of thiophene rings is 1. The van der Waals surface area contributed by atoms with Crippen LogP contribution < -0.4 is 16.4 Å². The number of hydrogen-bond acceptors (Lipinski definition) is 6. The summed E-state index contributed by atoms with van der Waals surface area (Å²) in [4.78, 5) is 42.6. The molecule has 9 nitrogen and oxygen atoms in total. The number of nitrogens with two attached hydrogens (primary N) is 1. The molecule has 3 amide bonds. The number of rotatable bonds is 8. The van der Waals surface area contributed by atoms with E-state index in [1.807, 2.05) is 61.5 Å². The van der Waals surface area contributed by atoms with Crippen molar-refractivity contribution in [2.45, 2.75) is 31.3 Å². The highest BCUT2D eigenvalue weighted by molar-refractivity contribution is 7.10. The van der Waals surface area contributed by atoms with Crippen LogP contribution >= 0.6 is 11.3 Å². The van der Waals surface area contributed by atoms with E-state index in [-0.39, 0.29) is 42.1 Å². The first-order valence-corrected chi connectivity index (χ1v) is 14.9. The van der Waals surface area contributed by atoms with E-state index < -0.39 is 6.04 Å². The largest absolute Gasteiger partial charge is 0.456 e. The summed E-state index contributed by atoms with van der Waals surface area (Å²) in [7, 11) is 0. The average molecular weight is 594 g/mol. The topological polar surface area (TPSA) is 142 Å². The van der Waals surface area contributed by atoms with Gasteiger partial charge in [-0.25, -0.2) is 0 Å². The Morgan fingerprint density at radius 2 is 1.74 bits per heavy atom. The third-order valence-electron chi connectivity index (χ3n) is 7.95. The highest BCUT2D eigenvalue weighted by Gasteiger charge is 2.40. The smallest absolute Gasteiger partial charge is 0.251 e. The van der Waals surface area contributed by atoms with E-state index in [4.69, 9.17) is 15.6 Å². The number of nitrogen functional groups attached to an aromatic ring is 1. The second-order valence-electron chi connectivity index (χ2n) is 10.8. The van der Waals surface area contributed by atoms with Gasteiger partial charge in [-0.2, -0.15) is 0 Å². The zero-order chi connectivity index (χ0) is 30.1. The summed E-state index contributed by atoms with van der Waals surface area (Å²) in [5, 5.41) is 17.0. The summed E-state index contributed by atoms with van der Waals surface area (Å²) in [6, 6.07) is 23.4. The molecule has 0 bridgehead atoms. The van der Waals surface area contributed by atoms with Crippen molar-refractivity contribution >= 4 is 56.8 Å². The lowest BCUT2D eigenvalue weighted by Crippen LogP contribution is -2.49. The van der Waals surface area contributed by atoms with E-state index in [2.05, 4.69) is 10.6 Å². The van der Waals surface area contributed by atoms with E-state index in [1.165, 1.54) is 11.3 Å². The lowest BCUT2D eigenvalue weighted by molar-refractivity contribution is -0.137. The molecule has 6 rings (SSSR count). The van der Waals surface area contributed by atoms with Crippen molar-refractivity contribution in [2.24, 2.45) is 5.73 Å². The summed E-state index contributed by atoms with van der Waals surface area (Å²) in [6.07, 6.45) is 0.468. The highest BCUT2D eigenvalue weighted by atomic mass is 32.1. The third kappa shape index (κ3) is 5.74. The number of likely N-dealkylation sites (tertiary alicyclic amines) is 1. The van der Waals surface area contributed by atoms with Crippen LogP contribution in [0.5, 0.6) is 0 Å². The fourth-order valence-electron chi connectivity index (χ4n) is 5.66. The molecule has 0 spiro atoms. The molecule has 1 fully saturated rings. The molecular weight excluding hydrogens is 562 g/mol. The van der Waals surface area contributed by atoms with Crippen molar-refractivity contribution in [3.63, 3.8) is 0 Å². The normalized spacial score (nSPS) is 17.2. The van der Waals surface area contributed by atoms with Gasteiger partial charge >= 0.3 is 0 Å². The zero-order valence-electron chi connectivity index (χ0n) is 23.5. The molecule has 3 heterocycles. The molecule has 3 aromatic carbocycles. The van der Waals surface area contributed by atoms with Crippen LogP contribution in [0.4, 0.5) is 0 Å². The molecule has 43 heavy (non-hydrogen) atoms. The fraction of sp³-hybridized carbons (Fsp3) is 0.212. The third-order valence-corrected chi connectivity index (χ3v) is 9.07. The number of nitrogens with one attached hydrogen (secondary N) is 3. The number of nitrogens with zero attached hydrogens (tertiary/aromatic N) is 1. The molecule has 1 aliphatic heterocycles. The van der Waals surface area contributed by atoms with Crippen LogP contribution in [-0.4, -0.2) is 47.6 Å². The van der Waals surface area contributed by atoms with E-state index in [1.54, 1.807) is 34.5 Å². The Kier molecular flexibility index (Phi) is 7.69. The molecule has 218 valence electrons. The van der Waals surface area contributed by atoms with Crippen LogP contribution in [0.2, 0.25) is 0 Å². The Balaban J connectivity index is 1.17. The Morgan fingerprint density at radius 3 is 2.51 bits per heavy atom. The van der Waals surface area contributed by atoms with Gasteiger partial charge in [-0.1, -0.05) is 48.5 Å². The number of furan rings is 1. The maximum atomic E-state index is 13.6. The summed E-state index contributed by atoms with van der Waals surface area (Å²) >= 11 is 1.42. The van der Waals surface area contributed by atoms with Gasteiger partial charge in [-0.3, -0.25) is 19.8 Å². The summed E-state index contributed by atoms with van der Waals surface area (Å²) in [5.74, 6) is -1.02. The number of carbonyl (C=O) groups is 3. The predicted molar refractivity (Wildman–Crippen MR) is 167 cm³/mol. The van der Waals surface area contributed by atoms with Crippen molar-refractivity contribution < 1.29 is 18.8 Å². The van der Waals surface area contributed by atoms with Crippen LogP contribution in [0.15, 0.2) is 88.7 Å². The van der Waals surface area contributed by atoms with Gasteiger partial charge in [0.2, 0.25) is 11.8 Å². The van der Waals surface area contributed by atoms with Crippen LogP contribution in [0, 0.1) is 5.41 Å². The minimum absolute atomic E-state index is 0.0188. The minimum atomic E-state index is -0.696. The number of hydrogen-bond donors (Lipinski definition) is 4. The molecule has 0 saturated carbocycles. The van der Waals surface area contributed by atoms with E-state index in [0.717, 1.165) is 26.8 Å². The van der Waals surface area contributed by atoms with Gasteiger partial charge in [0.25, 0.3) is 5.91 Å². The standard InChI is InChI=1S/C33H31N5O4S/c1-19(29-15-23(18-43-29)31(34)35)37-33(41)26-14-22(20-7-3-2-4-8-20)17-38(26)30(39)16-36-32(40)21-11-12-28-25(13-21)24-9-5-6-10-27(24)42-28/h2-13,15,18-19,22,26H,14,16-17H2,1H3,(H3,34,35)(H,36,40)(H,37,41)/t19?,22-,26+/m1/s1. The van der Waals surface area contributed by atoms with Crippen LogP contribution in [0.1, 0.15) is 51.7 Å². The summed E-state index contributed by atoms with van der Waals surface area (Å²) in [6.45, 7) is 1.99. The quantitative estimate of drug-likeness (QED) is 0.149. The molecule has 5 aromatic rings. The maximum Gasteiger partial charge on any atom is 0.251 e. The van der Waals surface area contributed by atoms with Gasteiger partial charge in [-0.15, -0.1) is 11.3 Å². The first-order valence-electron chi connectivity index (χ1n) is 14.1. The molecule has 1 unspecified atom stereocenters. The zero-order valence-corrected chi connectivity index (χ0v) is 24.3. The van der Waals surface area contributed by atoms with Crippen molar-refractivity contribution in [1.29, 1.82) is 5.41 Å². The number of amidine groups is 1. The fourth-order valence-corrected chi connectivity index (χ4v) is 6.57. The first kappa shape index (κ1) is 28.2. The van der Waals surface area contributed by atoms with Gasteiger partial charge in [0.15, 0.2) is 0 Å². The molecule has 2 aromatic heterocycles. The Hall–Kier alpha value is -4.96. The second-order valence-corrected chi connectivity index (χ2v) is 11.7. The highest BCUT2D eigenvalue weighted by Crippen LogP contribution is 2.33.